The third-order valence-electron chi connectivity index (χ3n) is 3.77. The number of hydrogen-bond donors (Lipinski definition) is 1. The van der Waals surface area contributed by atoms with Gasteiger partial charge in [0, 0.05) is 11.4 Å². The molecule has 0 bridgehead atoms. The Morgan fingerprint density at radius 3 is 2.89 bits per heavy atom. The maximum atomic E-state index is 11.3. The van der Waals surface area contributed by atoms with Crippen LogP contribution in [-0.2, 0) is 4.79 Å². The van der Waals surface area contributed by atoms with E-state index in [0.717, 1.165) is 30.7 Å². The van der Waals surface area contributed by atoms with E-state index in [1.165, 1.54) is 0 Å². The first kappa shape index (κ1) is 14.7. The molecule has 1 saturated carbocycles. The highest BCUT2D eigenvalue weighted by Gasteiger charge is 2.35. The van der Waals surface area contributed by atoms with Gasteiger partial charge in [0.25, 0.3) is 0 Å². The summed E-state index contributed by atoms with van der Waals surface area (Å²) < 4.78 is 0. The lowest BCUT2D eigenvalue weighted by atomic mass is 9.80. The molecule has 0 radical (unpaired) electrons. The molecule has 0 saturated heterocycles. The molecule has 1 aromatic heterocycles. The molecule has 1 aromatic rings. The number of carboxylic acid groups (broad SMARTS) is 1. The van der Waals surface area contributed by atoms with Crippen molar-refractivity contribution in [1.29, 1.82) is 0 Å². The summed E-state index contributed by atoms with van der Waals surface area (Å²) in [5.74, 6) is -0.299. The fourth-order valence-corrected chi connectivity index (χ4v) is 4.05. The van der Waals surface area contributed by atoms with E-state index >= 15 is 0 Å². The summed E-state index contributed by atoms with van der Waals surface area (Å²) in [6, 6.07) is 3.66. The number of aliphatic carboxylic acids is 1. The van der Waals surface area contributed by atoms with E-state index in [-0.39, 0.29) is 11.2 Å². The normalized spacial score (nSPS) is 27.2. The number of carboxylic acids is 1. The topological polar surface area (TPSA) is 50.2 Å². The van der Waals surface area contributed by atoms with Crippen LogP contribution in [0, 0.1) is 11.8 Å². The summed E-state index contributed by atoms with van der Waals surface area (Å²) in [5.41, 5.74) is 0. The second kappa shape index (κ2) is 6.62. The molecule has 104 valence electrons. The average Bonchev–Trinajstić information content (AvgIpc) is 2.41. The lowest BCUT2D eigenvalue weighted by molar-refractivity contribution is -0.142. The summed E-state index contributed by atoms with van der Waals surface area (Å²) in [6.45, 7) is 2.17. The van der Waals surface area contributed by atoms with E-state index in [1.54, 1.807) is 24.0 Å². The van der Waals surface area contributed by atoms with Crippen molar-refractivity contribution in [2.45, 2.75) is 42.9 Å². The monoisotopic (exact) mass is 299 g/mol. The molecule has 0 aromatic carbocycles. The molecular formula is C14H18ClNO2S. The molecule has 0 amide bonds. The second-order valence-corrected chi connectivity index (χ2v) is 6.70. The molecular weight excluding hydrogens is 282 g/mol. The van der Waals surface area contributed by atoms with Crippen LogP contribution in [0.2, 0.25) is 5.02 Å². The summed E-state index contributed by atoms with van der Waals surface area (Å²) in [6.07, 6.45) is 5.50. The van der Waals surface area contributed by atoms with Crippen molar-refractivity contribution in [2.75, 3.05) is 0 Å². The van der Waals surface area contributed by atoms with Crippen LogP contribution in [0.5, 0.6) is 0 Å². The number of halogens is 1. The van der Waals surface area contributed by atoms with Crippen LogP contribution in [0.25, 0.3) is 0 Å². The van der Waals surface area contributed by atoms with Crippen LogP contribution in [0.15, 0.2) is 23.4 Å². The van der Waals surface area contributed by atoms with E-state index in [4.69, 9.17) is 11.6 Å². The van der Waals surface area contributed by atoms with E-state index in [9.17, 15) is 9.90 Å². The summed E-state index contributed by atoms with van der Waals surface area (Å²) >= 11 is 7.39. The lowest BCUT2D eigenvalue weighted by Gasteiger charge is -2.32. The Kier molecular flexibility index (Phi) is 5.11. The Bertz CT molecular complexity index is 438. The maximum absolute atomic E-state index is 11.3. The zero-order chi connectivity index (χ0) is 13.8. The van der Waals surface area contributed by atoms with Crippen LogP contribution in [0.1, 0.15) is 32.6 Å². The van der Waals surface area contributed by atoms with Crippen molar-refractivity contribution in [3.8, 4) is 0 Å². The molecule has 0 spiro atoms. The van der Waals surface area contributed by atoms with Gasteiger partial charge in [-0.15, -0.1) is 11.8 Å². The predicted molar refractivity (Wildman–Crippen MR) is 77.6 cm³/mol. The molecule has 5 heteroatoms. The Morgan fingerprint density at radius 2 is 2.32 bits per heavy atom. The van der Waals surface area contributed by atoms with Crippen molar-refractivity contribution in [2.24, 2.45) is 11.8 Å². The van der Waals surface area contributed by atoms with Crippen molar-refractivity contribution < 1.29 is 9.90 Å². The van der Waals surface area contributed by atoms with Crippen molar-refractivity contribution >= 4 is 29.3 Å². The van der Waals surface area contributed by atoms with Crippen LogP contribution >= 0.6 is 23.4 Å². The zero-order valence-corrected chi connectivity index (χ0v) is 12.5. The number of hydrogen-bond acceptors (Lipinski definition) is 3. The first-order valence-corrected chi connectivity index (χ1v) is 7.87. The molecule has 19 heavy (non-hydrogen) atoms. The molecule has 3 atom stereocenters. The Balaban J connectivity index is 2.08. The number of rotatable bonds is 4. The van der Waals surface area contributed by atoms with Crippen molar-refractivity contribution in [3.05, 3.63) is 23.4 Å². The van der Waals surface area contributed by atoms with Crippen molar-refractivity contribution in [1.82, 2.24) is 4.98 Å². The Labute approximate surface area is 122 Å². The molecule has 1 heterocycles. The highest BCUT2D eigenvalue weighted by Crippen LogP contribution is 2.40. The first-order valence-electron chi connectivity index (χ1n) is 6.61. The van der Waals surface area contributed by atoms with E-state index in [2.05, 4.69) is 11.9 Å². The first-order chi connectivity index (χ1) is 9.10. The molecule has 3 nitrogen and oxygen atoms in total. The van der Waals surface area contributed by atoms with Gasteiger partial charge in [0.05, 0.1) is 16.0 Å². The van der Waals surface area contributed by atoms with Gasteiger partial charge >= 0.3 is 5.97 Å². The Morgan fingerprint density at radius 1 is 1.53 bits per heavy atom. The maximum Gasteiger partial charge on any atom is 0.307 e. The molecule has 1 aliphatic rings. The lowest BCUT2D eigenvalue weighted by Crippen LogP contribution is -2.32. The molecule has 1 N–H and O–H groups in total. The number of nitrogens with zero attached hydrogens (tertiary/aromatic N) is 1. The number of carbonyl (C=O) groups is 1. The highest BCUT2D eigenvalue weighted by molar-refractivity contribution is 7.99. The predicted octanol–water partition coefficient (Wildman–Crippen LogP) is 4.11. The van der Waals surface area contributed by atoms with Gasteiger partial charge in [-0.2, -0.15) is 0 Å². The highest BCUT2D eigenvalue weighted by atomic mass is 35.5. The van der Waals surface area contributed by atoms with Crippen LogP contribution in [-0.4, -0.2) is 21.3 Å². The summed E-state index contributed by atoms with van der Waals surface area (Å²) in [7, 11) is 0. The van der Waals surface area contributed by atoms with Crippen LogP contribution < -0.4 is 0 Å². The van der Waals surface area contributed by atoms with Gasteiger partial charge in [-0.25, -0.2) is 4.98 Å². The Hall–Kier alpha value is -0.740. The fourth-order valence-electron chi connectivity index (χ4n) is 2.58. The fraction of sp³-hybridized carbons (Fsp3) is 0.571. The SMILES string of the molecule is CCC1CCC(C(=O)O)C(Sc2ccc(Cl)cn2)C1. The quantitative estimate of drug-likeness (QED) is 0.909. The minimum Gasteiger partial charge on any atom is -0.481 e. The summed E-state index contributed by atoms with van der Waals surface area (Å²) in [5, 5.41) is 10.9. The smallest absolute Gasteiger partial charge is 0.307 e. The van der Waals surface area contributed by atoms with Gasteiger partial charge in [-0.3, -0.25) is 4.79 Å². The van der Waals surface area contributed by atoms with Gasteiger partial charge < -0.3 is 5.11 Å². The van der Waals surface area contributed by atoms with Gasteiger partial charge in [0.1, 0.15) is 0 Å². The van der Waals surface area contributed by atoms with Crippen LogP contribution in [0.3, 0.4) is 0 Å². The van der Waals surface area contributed by atoms with Gasteiger partial charge in [-0.05, 0) is 37.3 Å². The minimum absolute atomic E-state index is 0.116. The molecule has 1 aliphatic carbocycles. The molecule has 3 unspecified atom stereocenters. The van der Waals surface area contributed by atoms with Gasteiger partial charge in [0.15, 0.2) is 0 Å². The molecule has 0 aliphatic heterocycles. The van der Waals surface area contributed by atoms with Crippen LogP contribution in [0.4, 0.5) is 0 Å². The van der Waals surface area contributed by atoms with Gasteiger partial charge in [-0.1, -0.05) is 24.9 Å². The molecule has 1 fully saturated rings. The van der Waals surface area contributed by atoms with Gasteiger partial charge in [0.2, 0.25) is 0 Å². The third kappa shape index (κ3) is 3.86. The van der Waals surface area contributed by atoms with E-state index < -0.39 is 5.97 Å². The van der Waals surface area contributed by atoms with E-state index in [1.807, 2.05) is 6.07 Å². The second-order valence-electron chi connectivity index (χ2n) is 5.00. The summed E-state index contributed by atoms with van der Waals surface area (Å²) in [4.78, 5) is 15.6. The third-order valence-corrected chi connectivity index (χ3v) is 5.30. The number of aromatic nitrogens is 1. The number of thioether (sulfide) groups is 1. The standard InChI is InChI=1S/C14H18ClNO2S/c1-2-9-3-5-11(14(17)18)12(7-9)19-13-6-4-10(15)8-16-13/h4,6,8-9,11-12H,2-3,5,7H2,1H3,(H,17,18). The molecule has 2 rings (SSSR count). The zero-order valence-electron chi connectivity index (χ0n) is 10.9. The average molecular weight is 300 g/mol. The largest absolute Gasteiger partial charge is 0.481 e. The van der Waals surface area contributed by atoms with E-state index in [0.29, 0.717) is 10.9 Å². The van der Waals surface area contributed by atoms with Crippen molar-refractivity contribution in [3.63, 3.8) is 0 Å². The minimum atomic E-state index is -0.680. The number of pyridine rings is 1.